The first-order chi connectivity index (χ1) is 15.5. The van der Waals surface area contributed by atoms with Crippen LogP contribution in [0.15, 0.2) is 60.7 Å². The Morgan fingerprint density at radius 3 is 2.31 bits per heavy atom. The molecule has 32 heavy (non-hydrogen) atoms. The molecule has 0 fully saturated rings. The van der Waals surface area contributed by atoms with E-state index in [1.54, 1.807) is 6.92 Å². The lowest BCUT2D eigenvalue weighted by atomic mass is 10.1. The molecule has 2 aromatic heterocycles. The summed E-state index contributed by atoms with van der Waals surface area (Å²) in [4.78, 5) is 30.5. The SMILES string of the molecule is Cc1nc(-n2nnc(C(=O)NCc3ccccc3)c2C)sc1C(=O)CCc1ccccc1. The fraction of sp³-hybridized carbons (Fsp3) is 0.208. The van der Waals surface area contributed by atoms with E-state index in [2.05, 4.69) is 20.6 Å². The molecule has 0 bridgehead atoms. The number of benzene rings is 2. The van der Waals surface area contributed by atoms with Crippen LogP contribution >= 0.6 is 11.3 Å². The van der Waals surface area contributed by atoms with Gasteiger partial charge in [0.2, 0.25) is 5.13 Å². The number of hydrogen-bond acceptors (Lipinski definition) is 6. The summed E-state index contributed by atoms with van der Waals surface area (Å²) in [6, 6.07) is 19.6. The number of nitrogens with zero attached hydrogens (tertiary/aromatic N) is 4. The molecule has 1 amide bonds. The number of Topliss-reactive ketones (excluding diaryl/α,β-unsaturated/α-hetero) is 1. The van der Waals surface area contributed by atoms with Gasteiger partial charge in [-0.05, 0) is 31.4 Å². The molecule has 0 saturated carbocycles. The van der Waals surface area contributed by atoms with E-state index in [1.165, 1.54) is 16.0 Å². The second kappa shape index (κ2) is 9.65. The highest BCUT2D eigenvalue weighted by molar-refractivity contribution is 7.16. The average molecular weight is 446 g/mol. The normalized spacial score (nSPS) is 10.8. The van der Waals surface area contributed by atoms with Crippen LogP contribution in [0, 0.1) is 13.8 Å². The zero-order valence-electron chi connectivity index (χ0n) is 17.9. The lowest BCUT2D eigenvalue weighted by molar-refractivity contribution is 0.0943. The van der Waals surface area contributed by atoms with Crippen molar-refractivity contribution in [3.63, 3.8) is 0 Å². The van der Waals surface area contributed by atoms with E-state index in [1.807, 2.05) is 67.6 Å². The predicted molar refractivity (Wildman–Crippen MR) is 123 cm³/mol. The van der Waals surface area contributed by atoms with Crippen molar-refractivity contribution in [3.8, 4) is 5.13 Å². The smallest absolute Gasteiger partial charge is 0.274 e. The van der Waals surface area contributed by atoms with E-state index >= 15 is 0 Å². The van der Waals surface area contributed by atoms with Gasteiger partial charge in [0.1, 0.15) is 0 Å². The highest BCUT2D eigenvalue weighted by Gasteiger charge is 2.21. The van der Waals surface area contributed by atoms with Crippen molar-refractivity contribution in [2.24, 2.45) is 0 Å². The first kappa shape index (κ1) is 21.6. The average Bonchev–Trinajstić information content (AvgIpc) is 3.39. The van der Waals surface area contributed by atoms with Crippen molar-refractivity contribution >= 4 is 23.0 Å². The fourth-order valence-electron chi connectivity index (χ4n) is 3.33. The van der Waals surface area contributed by atoms with Crippen molar-refractivity contribution in [2.75, 3.05) is 0 Å². The van der Waals surface area contributed by atoms with E-state index in [9.17, 15) is 9.59 Å². The van der Waals surface area contributed by atoms with Crippen LogP contribution in [0.4, 0.5) is 0 Å². The monoisotopic (exact) mass is 445 g/mol. The molecule has 2 aromatic carbocycles. The van der Waals surface area contributed by atoms with Crippen LogP contribution in [0.3, 0.4) is 0 Å². The number of nitrogens with one attached hydrogen (secondary N) is 1. The summed E-state index contributed by atoms with van der Waals surface area (Å²) < 4.78 is 1.52. The van der Waals surface area contributed by atoms with Gasteiger partial charge in [-0.1, -0.05) is 77.2 Å². The van der Waals surface area contributed by atoms with Crippen molar-refractivity contribution < 1.29 is 9.59 Å². The van der Waals surface area contributed by atoms with E-state index in [0.29, 0.717) is 40.8 Å². The van der Waals surface area contributed by atoms with Crippen LogP contribution in [-0.4, -0.2) is 31.7 Å². The largest absolute Gasteiger partial charge is 0.347 e. The van der Waals surface area contributed by atoms with Gasteiger partial charge < -0.3 is 5.32 Å². The fourth-order valence-corrected chi connectivity index (χ4v) is 4.36. The van der Waals surface area contributed by atoms with Crippen LogP contribution in [0.5, 0.6) is 0 Å². The molecule has 0 radical (unpaired) electrons. The van der Waals surface area contributed by atoms with Gasteiger partial charge in [-0.15, -0.1) is 5.10 Å². The molecule has 7 nitrogen and oxygen atoms in total. The Bertz CT molecular complexity index is 1230. The van der Waals surface area contributed by atoms with E-state index in [0.717, 1.165) is 11.1 Å². The molecule has 0 saturated heterocycles. The Morgan fingerprint density at radius 2 is 1.62 bits per heavy atom. The summed E-state index contributed by atoms with van der Waals surface area (Å²) in [7, 11) is 0. The van der Waals surface area contributed by atoms with Gasteiger partial charge >= 0.3 is 0 Å². The molecular formula is C24H23N5O2S. The van der Waals surface area contributed by atoms with Gasteiger partial charge in [0.25, 0.3) is 5.91 Å². The molecule has 4 aromatic rings. The molecule has 0 aliphatic carbocycles. The first-order valence-electron chi connectivity index (χ1n) is 10.3. The molecule has 1 N–H and O–H groups in total. The summed E-state index contributed by atoms with van der Waals surface area (Å²) in [5, 5.41) is 11.5. The maximum Gasteiger partial charge on any atom is 0.274 e. The standard InChI is InChI=1S/C24H23N5O2S/c1-16-22(20(30)14-13-18-9-5-3-6-10-18)32-24(26-16)29-17(2)21(27-28-29)23(31)25-15-19-11-7-4-8-12-19/h3-12H,13-15H2,1-2H3,(H,25,31). The molecule has 0 atom stereocenters. The van der Waals surface area contributed by atoms with Gasteiger partial charge in [0.15, 0.2) is 11.5 Å². The molecular weight excluding hydrogens is 422 g/mol. The highest BCUT2D eigenvalue weighted by atomic mass is 32.1. The summed E-state index contributed by atoms with van der Waals surface area (Å²) >= 11 is 1.27. The Hall–Kier alpha value is -3.65. The molecule has 0 spiro atoms. The van der Waals surface area contributed by atoms with Crippen LogP contribution in [0.1, 0.15) is 49.1 Å². The molecule has 2 heterocycles. The third kappa shape index (κ3) is 4.81. The Balaban J connectivity index is 1.45. The zero-order valence-corrected chi connectivity index (χ0v) is 18.7. The van der Waals surface area contributed by atoms with Gasteiger partial charge in [-0.25, -0.2) is 4.98 Å². The van der Waals surface area contributed by atoms with Crippen LogP contribution < -0.4 is 5.32 Å². The number of carbonyl (C=O) groups is 2. The molecule has 162 valence electrons. The molecule has 0 aliphatic heterocycles. The number of carbonyl (C=O) groups excluding carboxylic acids is 2. The zero-order chi connectivity index (χ0) is 22.5. The maximum absolute atomic E-state index is 12.8. The second-order valence-electron chi connectivity index (χ2n) is 7.42. The second-order valence-corrected chi connectivity index (χ2v) is 8.40. The van der Waals surface area contributed by atoms with Crippen molar-refractivity contribution in [1.82, 2.24) is 25.3 Å². The minimum atomic E-state index is -0.301. The molecule has 0 unspecified atom stereocenters. The van der Waals surface area contributed by atoms with Crippen molar-refractivity contribution in [2.45, 2.75) is 33.2 Å². The third-order valence-electron chi connectivity index (χ3n) is 5.11. The Kier molecular flexibility index (Phi) is 6.51. The quantitative estimate of drug-likeness (QED) is 0.413. The van der Waals surface area contributed by atoms with Crippen LogP contribution in [-0.2, 0) is 13.0 Å². The van der Waals surface area contributed by atoms with Crippen LogP contribution in [0.25, 0.3) is 5.13 Å². The van der Waals surface area contributed by atoms with E-state index in [-0.39, 0.29) is 17.4 Å². The highest BCUT2D eigenvalue weighted by Crippen LogP contribution is 2.24. The maximum atomic E-state index is 12.8. The number of aryl methyl sites for hydroxylation is 2. The number of rotatable bonds is 8. The molecule has 4 rings (SSSR count). The number of hydrogen-bond donors (Lipinski definition) is 1. The van der Waals surface area contributed by atoms with E-state index < -0.39 is 0 Å². The van der Waals surface area contributed by atoms with Crippen molar-refractivity contribution in [1.29, 1.82) is 0 Å². The van der Waals surface area contributed by atoms with Gasteiger partial charge in [0.05, 0.1) is 16.3 Å². The van der Waals surface area contributed by atoms with Crippen LogP contribution in [0.2, 0.25) is 0 Å². The Labute approximate surface area is 190 Å². The summed E-state index contributed by atoms with van der Waals surface area (Å²) in [5.74, 6) is -0.251. The first-order valence-corrected chi connectivity index (χ1v) is 11.1. The van der Waals surface area contributed by atoms with Gasteiger partial charge in [0, 0.05) is 13.0 Å². The predicted octanol–water partition coefficient (Wildman–Crippen LogP) is 4.09. The number of thiazole rings is 1. The lowest BCUT2D eigenvalue weighted by Crippen LogP contribution is -2.24. The lowest BCUT2D eigenvalue weighted by Gasteiger charge is -2.04. The summed E-state index contributed by atoms with van der Waals surface area (Å²) in [6.45, 7) is 3.99. The third-order valence-corrected chi connectivity index (χ3v) is 6.28. The number of ketones is 1. The number of amides is 1. The van der Waals surface area contributed by atoms with Gasteiger partial charge in [-0.2, -0.15) is 4.68 Å². The summed E-state index contributed by atoms with van der Waals surface area (Å²) in [6.07, 6.45) is 1.09. The minimum absolute atomic E-state index is 0.0497. The Morgan fingerprint density at radius 1 is 0.969 bits per heavy atom. The summed E-state index contributed by atoms with van der Waals surface area (Å²) in [5.41, 5.74) is 3.60. The minimum Gasteiger partial charge on any atom is -0.347 e. The van der Waals surface area contributed by atoms with Crippen molar-refractivity contribution in [3.05, 3.63) is 93.7 Å². The topological polar surface area (TPSA) is 89.8 Å². The number of aromatic nitrogens is 4. The molecule has 0 aliphatic rings. The van der Waals surface area contributed by atoms with Gasteiger partial charge in [-0.3, -0.25) is 9.59 Å². The molecule has 8 heteroatoms. The van der Waals surface area contributed by atoms with E-state index in [4.69, 9.17) is 0 Å².